The maximum absolute atomic E-state index is 12.9. The number of amides is 1. The molecule has 0 bridgehead atoms. The molecule has 2 N–H and O–H groups in total. The Hall–Kier alpha value is -1.10. The van der Waals surface area contributed by atoms with Crippen LogP contribution >= 0.6 is 0 Å². The Labute approximate surface area is 120 Å². The quantitative estimate of drug-likeness (QED) is 0.819. The monoisotopic (exact) mass is 282 g/mol. The van der Waals surface area contributed by atoms with Gasteiger partial charge in [-0.25, -0.2) is 0 Å². The molecule has 0 saturated carbocycles. The Morgan fingerprint density at radius 3 is 2.55 bits per heavy atom. The lowest BCUT2D eigenvalue weighted by Crippen LogP contribution is -2.53. The molecule has 1 atom stereocenters. The summed E-state index contributed by atoms with van der Waals surface area (Å²) in [5.41, 5.74) is -0.247. The van der Waals surface area contributed by atoms with Crippen LogP contribution in [0.2, 0.25) is 0 Å². The molecule has 5 heteroatoms. The molecule has 2 aliphatic rings. The molecule has 114 valence electrons. The maximum Gasteiger partial charge on any atom is 0.306 e. The summed E-state index contributed by atoms with van der Waals surface area (Å²) in [6.07, 6.45) is 5.15. The zero-order chi connectivity index (χ0) is 14.6. The standard InChI is InChI=1S/C15H26N2O3/c1-2-6-15(7-3-8-16-11-15)14(20)17-9-4-12(5-10-17)13(18)19/h12,16H,2-11H2,1H3,(H,18,19). The summed E-state index contributed by atoms with van der Waals surface area (Å²) in [6, 6.07) is 0. The predicted octanol–water partition coefficient (Wildman–Crippen LogP) is 1.48. The van der Waals surface area contributed by atoms with Gasteiger partial charge in [0.1, 0.15) is 0 Å². The Morgan fingerprint density at radius 1 is 1.35 bits per heavy atom. The number of rotatable bonds is 4. The van der Waals surface area contributed by atoms with E-state index in [9.17, 15) is 9.59 Å². The largest absolute Gasteiger partial charge is 0.481 e. The summed E-state index contributed by atoms with van der Waals surface area (Å²) >= 11 is 0. The van der Waals surface area contributed by atoms with E-state index in [-0.39, 0.29) is 17.2 Å². The van der Waals surface area contributed by atoms with Gasteiger partial charge in [0.15, 0.2) is 0 Å². The Bertz CT molecular complexity index is 351. The molecule has 2 heterocycles. The summed E-state index contributed by atoms with van der Waals surface area (Å²) in [5, 5.41) is 12.4. The highest BCUT2D eigenvalue weighted by atomic mass is 16.4. The Morgan fingerprint density at radius 2 is 2.05 bits per heavy atom. The highest BCUT2D eigenvalue weighted by molar-refractivity contribution is 5.83. The van der Waals surface area contributed by atoms with Gasteiger partial charge in [-0.05, 0) is 38.6 Å². The van der Waals surface area contributed by atoms with Crippen LogP contribution < -0.4 is 5.32 Å². The molecule has 1 unspecified atom stereocenters. The molecule has 1 amide bonds. The number of carbonyl (C=O) groups is 2. The van der Waals surface area contributed by atoms with Crippen LogP contribution in [-0.2, 0) is 9.59 Å². The van der Waals surface area contributed by atoms with E-state index in [1.165, 1.54) is 0 Å². The molecular weight excluding hydrogens is 256 g/mol. The fraction of sp³-hybridized carbons (Fsp3) is 0.867. The van der Waals surface area contributed by atoms with Crippen LogP contribution in [0.1, 0.15) is 45.4 Å². The summed E-state index contributed by atoms with van der Waals surface area (Å²) in [5.74, 6) is -0.749. The third-order valence-electron chi connectivity index (χ3n) is 4.79. The number of carboxylic acid groups (broad SMARTS) is 1. The van der Waals surface area contributed by atoms with Crippen LogP contribution in [0.5, 0.6) is 0 Å². The molecule has 0 aromatic heterocycles. The van der Waals surface area contributed by atoms with Gasteiger partial charge < -0.3 is 15.3 Å². The molecule has 0 radical (unpaired) electrons. The van der Waals surface area contributed by atoms with Gasteiger partial charge in [-0.3, -0.25) is 9.59 Å². The molecule has 2 fully saturated rings. The van der Waals surface area contributed by atoms with Crippen molar-refractivity contribution in [2.45, 2.75) is 45.4 Å². The van der Waals surface area contributed by atoms with Gasteiger partial charge in [0.2, 0.25) is 5.91 Å². The molecule has 20 heavy (non-hydrogen) atoms. The lowest BCUT2D eigenvalue weighted by molar-refractivity contribution is -0.150. The summed E-state index contributed by atoms with van der Waals surface area (Å²) in [4.78, 5) is 25.8. The molecule has 0 aromatic carbocycles. The van der Waals surface area contributed by atoms with Crippen LogP contribution in [0, 0.1) is 11.3 Å². The molecule has 0 aromatic rings. The minimum Gasteiger partial charge on any atom is -0.481 e. The van der Waals surface area contributed by atoms with Crippen LogP contribution in [-0.4, -0.2) is 48.1 Å². The summed E-state index contributed by atoms with van der Waals surface area (Å²) in [6.45, 7) is 5.10. The number of nitrogens with one attached hydrogen (secondary N) is 1. The zero-order valence-electron chi connectivity index (χ0n) is 12.4. The number of likely N-dealkylation sites (tertiary alicyclic amines) is 1. The fourth-order valence-electron chi connectivity index (χ4n) is 3.61. The maximum atomic E-state index is 12.9. The predicted molar refractivity (Wildman–Crippen MR) is 76.4 cm³/mol. The van der Waals surface area contributed by atoms with Crippen molar-refractivity contribution < 1.29 is 14.7 Å². The van der Waals surface area contributed by atoms with E-state index in [1.807, 2.05) is 4.90 Å². The molecule has 2 aliphatic heterocycles. The van der Waals surface area contributed by atoms with E-state index in [4.69, 9.17) is 5.11 Å². The van der Waals surface area contributed by atoms with Crippen LogP contribution in [0.4, 0.5) is 0 Å². The summed E-state index contributed by atoms with van der Waals surface area (Å²) in [7, 11) is 0. The number of aliphatic carboxylic acids is 1. The van der Waals surface area contributed by atoms with Crippen LogP contribution in [0.25, 0.3) is 0 Å². The first-order valence-electron chi connectivity index (χ1n) is 7.82. The number of nitrogens with zero attached hydrogens (tertiary/aromatic N) is 1. The lowest BCUT2D eigenvalue weighted by Gasteiger charge is -2.42. The molecule has 2 rings (SSSR count). The highest BCUT2D eigenvalue weighted by Gasteiger charge is 2.42. The number of carbonyl (C=O) groups excluding carboxylic acids is 1. The van der Waals surface area contributed by atoms with Gasteiger partial charge in [-0.15, -0.1) is 0 Å². The second-order valence-corrected chi connectivity index (χ2v) is 6.22. The van der Waals surface area contributed by atoms with Crippen molar-refractivity contribution in [3.63, 3.8) is 0 Å². The van der Waals surface area contributed by atoms with Crippen LogP contribution in [0.3, 0.4) is 0 Å². The first-order valence-corrected chi connectivity index (χ1v) is 7.82. The second-order valence-electron chi connectivity index (χ2n) is 6.22. The third kappa shape index (κ3) is 3.14. The number of piperidine rings is 2. The SMILES string of the molecule is CCCC1(C(=O)N2CCC(C(=O)O)CC2)CCCNC1. The second kappa shape index (κ2) is 6.57. The molecule has 2 saturated heterocycles. The highest BCUT2D eigenvalue weighted by Crippen LogP contribution is 2.35. The zero-order valence-corrected chi connectivity index (χ0v) is 12.4. The Balaban J connectivity index is 2.00. The Kier molecular flexibility index (Phi) is 5.02. The van der Waals surface area contributed by atoms with Crippen molar-refractivity contribution in [2.75, 3.05) is 26.2 Å². The molecule has 0 aliphatic carbocycles. The van der Waals surface area contributed by atoms with Crippen LogP contribution in [0.15, 0.2) is 0 Å². The van der Waals surface area contributed by atoms with Gasteiger partial charge in [-0.1, -0.05) is 13.3 Å². The minimum atomic E-state index is -0.722. The van der Waals surface area contributed by atoms with E-state index in [0.717, 1.165) is 38.8 Å². The van der Waals surface area contributed by atoms with E-state index < -0.39 is 5.97 Å². The summed E-state index contributed by atoms with van der Waals surface area (Å²) < 4.78 is 0. The first-order chi connectivity index (χ1) is 9.59. The van der Waals surface area contributed by atoms with Gasteiger partial charge in [-0.2, -0.15) is 0 Å². The van der Waals surface area contributed by atoms with Crippen molar-refractivity contribution in [3.05, 3.63) is 0 Å². The smallest absolute Gasteiger partial charge is 0.306 e. The lowest BCUT2D eigenvalue weighted by atomic mass is 9.75. The number of hydrogen-bond donors (Lipinski definition) is 2. The topological polar surface area (TPSA) is 69.6 Å². The molecular formula is C15H26N2O3. The number of carboxylic acids is 1. The van der Waals surface area contributed by atoms with Gasteiger partial charge >= 0.3 is 5.97 Å². The fourth-order valence-corrected chi connectivity index (χ4v) is 3.61. The van der Waals surface area contributed by atoms with E-state index in [2.05, 4.69) is 12.2 Å². The van der Waals surface area contributed by atoms with Crippen molar-refractivity contribution in [2.24, 2.45) is 11.3 Å². The van der Waals surface area contributed by atoms with E-state index >= 15 is 0 Å². The van der Waals surface area contributed by atoms with Crippen molar-refractivity contribution >= 4 is 11.9 Å². The van der Waals surface area contributed by atoms with Crippen molar-refractivity contribution in [1.29, 1.82) is 0 Å². The molecule has 0 spiro atoms. The minimum absolute atomic E-state index is 0.246. The van der Waals surface area contributed by atoms with Gasteiger partial charge in [0.25, 0.3) is 0 Å². The van der Waals surface area contributed by atoms with Crippen molar-refractivity contribution in [3.8, 4) is 0 Å². The molecule has 5 nitrogen and oxygen atoms in total. The normalized spacial score (nSPS) is 28.4. The average Bonchev–Trinajstić information content (AvgIpc) is 2.48. The average molecular weight is 282 g/mol. The number of hydrogen-bond acceptors (Lipinski definition) is 3. The third-order valence-corrected chi connectivity index (χ3v) is 4.79. The van der Waals surface area contributed by atoms with Gasteiger partial charge in [0, 0.05) is 19.6 Å². The van der Waals surface area contributed by atoms with E-state index in [0.29, 0.717) is 25.9 Å². The first kappa shape index (κ1) is 15.3. The van der Waals surface area contributed by atoms with Crippen molar-refractivity contribution in [1.82, 2.24) is 10.2 Å². The van der Waals surface area contributed by atoms with Gasteiger partial charge in [0.05, 0.1) is 11.3 Å². The van der Waals surface area contributed by atoms with E-state index in [1.54, 1.807) is 0 Å².